The third-order valence-corrected chi connectivity index (χ3v) is 4.16. The molecule has 0 spiro atoms. The second-order valence-electron chi connectivity index (χ2n) is 4.93. The Morgan fingerprint density at radius 2 is 2.00 bits per heavy atom. The summed E-state index contributed by atoms with van der Waals surface area (Å²) >= 11 is 0. The largest absolute Gasteiger partial charge is 0.271 e. The second-order valence-corrected chi connectivity index (χ2v) is 4.93. The second kappa shape index (κ2) is 5.01. The van der Waals surface area contributed by atoms with Gasteiger partial charge in [-0.15, -0.1) is 11.8 Å². The van der Waals surface area contributed by atoms with Crippen LogP contribution in [0.1, 0.15) is 45.4 Å². The van der Waals surface area contributed by atoms with E-state index in [1.807, 2.05) is 6.92 Å². The van der Waals surface area contributed by atoms with E-state index < -0.39 is 0 Å². The molecule has 2 heteroatoms. The fraction of sp³-hybridized carbons (Fsp3) is 0.846. The minimum atomic E-state index is 0.513. The lowest BCUT2D eigenvalue weighted by Crippen LogP contribution is -2.37. The summed E-state index contributed by atoms with van der Waals surface area (Å²) in [5, 5.41) is 0. The molecule has 2 rings (SSSR count). The Bertz CT molecular complexity index is 251. The van der Waals surface area contributed by atoms with Crippen molar-refractivity contribution in [3.8, 4) is 11.8 Å². The van der Waals surface area contributed by atoms with Crippen LogP contribution in [-0.4, -0.2) is 6.04 Å². The van der Waals surface area contributed by atoms with Gasteiger partial charge in [0.15, 0.2) is 0 Å². The number of hydrogen-bond donors (Lipinski definition) is 2. The standard InChI is InChI=1S/C13H22N2/c1-2-3-4-9-12(15-14)13-10-7-5-6-8-11(10)13/h10-13,15H,4-9,14H2,1H3. The quantitative estimate of drug-likeness (QED) is 0.420. The Labute approximate surface area is 93.0 Å². The number of hydrogen-bond acceptors (Lipinski definition) is 2. The smallest absolute Gasteiger partial charge is 0.0253 e. The van der Waals surface area contributed by atoms with Crippen molar-refractivity contribution in [1.29, 1.82) is 0 Å². The van der Waals surface area contributed by atoms with Crippen molar-refractivity contribution in [2.45, 2.75) is 51.5 Å². The predicted molar refractivity (Wildman–Crippen MR) is 62.7 cm³/mol. The molecule has 0 amide bonds. The summed E-state index contributed by atoms with van der Waals surface area (Å²) in [6, 6.07) is 0.513. The van der Waals surface area contributed by atoms with E-state index in [4.69, 9.17) is 5.84 Å². The topological polar surface area (TPSA) is 38.0 Å². The fourth-order valence-corrected chi connectivity index (χ4v) is 3.38. The first-order valence-electron chi connectivity index (χ1n) is 6.24. The molecule has 3 N–H and O–H groups in total. The van der Waals surface area contributed by atoms with E-state index in [-0.39, 0.29) is 0 Å². The number of nitrogens with two attached hydrogens (primary N) is 1. The van der Waals surface area contributed by atoms with Gasteiger partial charge in [-0.25, -0.2) is 0 Å². The summed E-state index contributed by atoms with van der Waals surface area (Å²) in [7, 11) is 0. The van der Waals surface area contributed by atoms with Gasteiger partial charge in [-0.05, 0) is 43.9 Å². The lowest BCUT2D eigenvalue weighted by Gasteiger charge is -2.14. The molecule has 0 aromatic rings. The van der Waals surface area contributed by atoms with Gasteiger partial charge in [-0.1, -0.05) is 12.8 Å². The molecule has 0 heterocycles. The number of fused-ring (bicyclic) bond motifs is 1. The molecule has 0 saturated heterocycles. The molecule has 0 aliphatic heterocycles. The van der Waals surface area contributed by atoms with Gasteiger partial charge in [0.25, 0.3) is 0 Å². The molecule has 2 saturated carbocycles. The van der Waals surface area contributed by atoms with Crippen molar-refractivity contribution < 1.29 is 0 Å². The Morgan fingerprint density at radius 1 is 1.33 bits per heavy atom. The zero-order chi connectivity index (χ0) is 10.7. The van der Waals surface area contributed by atoms with E-state index in [1.54, 1.807) is 0 Å². The molecule has 2 aliphatic carbocycles. The van der Waals surface area contributed by atoms with Crippen LogP contribution < -0.4 is 11.3 Å². The summed E-state index contributed by atoms with van der Waals surface area (Å²) in [6.45, 7) is 1.90. The zero-order valence-electron chi connectivity index (χ0n) is 9.63. The third kappa shape index (κ3) is 2.35. The van der Waals surface area contributed by atoms with Crippen molar-refractivity contribution in [2.24, 2.45) is 23.6 Å². The lowest BCUT2D eigenvalue weighted by atomic mass is 10.0. The minimum absolute atomic E-state index is 0.513. The molecule has 2 aliphatic rings. The molecule has 2 fully saturated rings. The molecule has 15 heavy (non-hydrogen) atoms. The first-order chi connectivity index (χ1) is 7.38. The highest BCUT2D eigenvalue weighted by Crippen LogP contribution is 2.57. The normalized spacial score (nSPS) is 34.9. The van der Waals surface area contributed by atoms with Gasteiger partial charge >= 0.3 is 0 Å². The van der Waals surface area contributed by atoms with Gasteiger partial charge in [-0.2, -0.15) is 0 Å². The van der Waals surface area contributed by atoms with Crippen molar-refractivity contribution in [3.05, 3.63) is 0 Å². The zero-order valence-corrected chi connectivity index (χ0v) is 9.63. The monoisotopic (exact) mass is 206 g/mol. The lowest BCUT2D eigenvalue weighted by molar-refractivity contribution is 0.418. The summed E-state index contributed by atoms with van der Waals surface area (Å²) in [4.78, 5) is 0. The highest BCUT2D eigenvalue weighted by molar-refractivity contribution is 5.05. The highest BCUT2D eigenvalue weighted by atomic mass is 15.2. The van der Waals surface area contributed by atoms with Crippen LogP contribution in [0, 0.1) is 29.6 Å². The summed E-state index contributed by atoms with van der Waals surface area (Å²) in [5.74, 6) is 14.6. The maximum Gasteiger partial charge on any atom is 0.0253 e. The van der Waals surface area contributed by atoms with Crippen LogP contribution in [0.2, 0.25) is 0 Å². The molecule has 3 unspecified atom stereocenters. The van der Waals surface area contributed by atoms with Crippen molar-refractivity contribution in [1.82, 2.24) is 5.43 Å². The van der Waals surface area contributed by atoms with Crippen LogP contribution in [-0.2, 0) is 0 Å². The van der Waals surface area contributed by atoms with Gasteiger partial charge in [0.1, 0.15) is 0 Å². The van der Waals surface area contributed by atoms with Gasteiger partial charge in [0, 0.05) is 12.5 Å². The van der Waals surface area contributed by atoms with Crippen molar-refractivity contribution in [2.75, 3.05) is 0 Å². The molecule has 2 nitrogen and oxygen atoms in total. The number of rotatable bonds is 4. The Morgan fingerprint density at radius 3 is 2.53 bits per heavy atom. The predicted octanol–water partition coefficient (Wildman–Crippen LogP) is 2.06. The highest BCUT2D eigenvalue weighted by Gasteiger charge is 2.53. The van der Waals surface area contributed by atoms with E-state index in [2.05, 4.69) is 17.3 Å². The van der Waals surface area contributed by atoms with E-state index >= 15 is 0 Å². The Balaban J connectivity index is 1.81. The number of nitrogens with one attached hydrogen (secondary N) is 1. The molecular formula is C13H22N2. The molecule has 84 valence electrons. The van der Waals surface area contributed by atoms with Gasteiger partial charge < -0.3 is 0 Å². The molecule has 0 aromatic carbocycles. The van der Waals surface area contributed by atoms with Crippen LogP contribution in [0.25, 0.3) is 0 Å². The first-order valence-corrected chi connectivity index (χ1v) is 6.24. The Hall–Kier alpha value is -0.520. The SMILES string of the molecule is CC#CCCC(NN)C1C2CCCCC21. The maximum absolute atomic E-state index is 5.65. The Kier molecular flexibility index (Phi) is 3.66. The van der Waals surface area contributed by atoms with E-state index in [9.17, 15) is 0 Å². The molecular weight excluding hydrogens is 184 g/mol. The average Bonchev–Trinajstić information content (AvgIpc) is 2.99. The van der Waals surface area contributed by atoms with Crippen molar-refractivity contribution >= 4 is 0 Å². The van der Waals surface area contributed by atoms with Gasteiger partial charge in [0.2, 0.25) is 0 Å². The maximum atomic E-state index is 5.65. The van der Waals surface area contributed by atoms with Crippen LogP contribution in [0.3, 0.4) is 0 Å². The fourth-order valence-electron chi connectivity index (χ4n) is 3.38. The van der Waals surface area contributed by atoms with E-state index in [0.717, 1.165) is 30.6 Å². The van der Waals surface area contributed by atoms with Crippen LogP contribution >= 0.6 is 0 Å². The average molecular weight is 206 g/mol. The molecule has 0 radical (unpaired) electrons. The van der Waals surface area contributed by atoms with Gasteiger partial charge in [0.05, 0.1) is 0 Å². The van der Waals surface area contributed by atoms with E-state index in [0.29, 0.717) is 6.04 Å². The van der Waals surface area contributed by atoms with Gasteiger partial charge in [-0.3, -0.25) is 11.3 Å². The summed E-state index contributed by atoms with van der Waals surface area (Å²) in [6.07, 6.45) is 7.85. The van der Waals surface area contributed by atoms with Crippen molar-refractivity contribution in [3.63, 3.8) is 0 Å². The van der Waals surface area contributed by atoms with Crippen LogP contribution in [0.4, 0.5) is 0 Å². The summed E-state index contributed by atoms with van der Waals surface area (Å²) < 4.78 is 0. The molecule has 3 atom stereocenters. The van der Waals surface area contributed by atoms with E-state index in [1.165, 1.54) is 25.7 Å². The number of hydrazine groups is 1. The minimum Gasteiger partial charge on any atom is -0.271 e. The molecule has 0 bridgehead atoms. The van der Waals surface area contributed by atoms with Crippen LogP contribution in [0.15, 0.2) is 0 Å². The first kappa shape index (κ1) is 11.0. The molecule has 0 aromatic heterocycles. The van der Waals surface area contributed by atoms with Crippen LogP contribution in [0.5, 0.6) is 0 Å². The third-order valence-electron chi connectivity index (χ3n) is 4.16. The summed E-state index contributed by atoms with van der Waals surface area (Å²) in [5.41, 5.74) is 3.01.